The zero-order valence-electron chi connectivity index (χ0n) is 12.9. The second kappa shape index (κ2) is 7.04. The largest absolute Gasteiger partial charge is 0.339 e. The third kappa shape index (κ3) is 4.04. The molecule has 0 aromatic carbocycles. The SMILES string of the molecule is CC(=O)N1CCN(C(=O)CN(C)C(C)c2cccs2)CC1. The molecule has 0 spiro atoms. The molecule has 0 N–H and O–H groups in total. The number of hydrogen-bond acceptors (Lipinski definition) is 4. The van der Waals surface area contributed by atoms with Gasteiger partial charge in [0, 0.05) is 44.0 Å². The molecule has 1 aromatic heterocycles. The van der Waals surface area contributed by atoms with Crippen LogP contribution in [0.4, 0.5) is 0 Å². The highest BCUT2D eigenvalue weighted by atomic mass is 32.1. The molecular formula is C15H23N3O2S. The molecular weight excluding hydrogens is 286 g/mol. The summed E-state index contributed by atoms with van der Waals surface area (Å²) in [4.78, 5) is 30.6. The standard InChI is InChI=1S/C15H23N3O2S/c1-12(14-5-4-10-21-14)16(3)11-15(20)18-8-6-17(7-9-18)13(2)19/h4-5,10,12H,6-9,11H2,1-3H3. The number of rotatable bonds is 4. The number of hydrogen-bond donors (Lipinski definition) is 0. The molecule has 1 aromatic rings. The van der Waals surface area contributed by atoms with E-state index in [1.807, 2.05) is 18.0 Å². The lowest BCUT2D eigenvalue weighted by molar-refractivity contribution is -0.139. The maximum absolute atomic E-state index is 12.3. The zero-order chi connectivity index (χ0) is 15.4. The maximum atomic E-state index is 12.3. The van der Waals surface area contributed by atoms with Gasteiger partial charge in [0.15, 0.2) is 0 Å². The van der Waals surface area contributed by atoms with Gasteiger partial charge in [-0.2, -0.15) is 0 Å². The zero-order valence-corrected chi connectivity index (χ0v) is 13.7. The van der Waals surface area contributed by atoms with E-state index in [-0.39, 0.29) is 17.9 Å². The molecule has 6 heteroatoms. The van der Waals surface area contributed by atoms with Gasteiger partial charge in [-0.1, -0.05) is 6.07 Å². The summed E-state index contributed by atoms with van der Waals surface area (Å²) in [6, 6.07) is 4.38. The Morgan fingerprint density at radius 3 is 2.43 bits per heavy atom. The Kier molecular flexibility index (Phi) is 5.36. The minimum absolute atomic E-state index is 0.0885. The molecule has 2 rings (SSSR count). The first-order chi connectivity index (χ1) is 9.99. The average Bonchev–Trinajstić information content (AvgIpc) is 3.00. The van der Waals surface area contributed by atoms with Crippen molar-refractivity contribution in [3.8, 4) is 0 Å². The molecule has 1 fully saturated rings. The van der Waals surface area contributed by atoms with E-state index in [4.69, 9.17) is 0 Å². The summed E-state index contributed by atoms with van der Waals surface area (Å²) in [6.07, 6.45) is 0. The molecule has 0 bridgehead atoms. The highest BCUT2D eigenvalue weighted by molar-refractivity contribution is 7.10. The lowest BCUT2D eigenvalue weighted by Gasteiger charge is -2.35. The van der Waals surface area contributed by atoms with Gasteiger partial charge in [0.05, 0.1) is 6.54 Å². The summed E-state index contributed by atoms with van der Waals surface area (Å²) in [7, 11) is 1.98. The lowest BCUT2D eigenvalue weighted by atomic mass is 10.2. The molecule has 0 saturated carbocycles. The van der Waals surface area contributed by atoms with Crippen LogP contribution in [0.1, 0.15) is 24.8 Å². The van der Waals surface area contributed by atoms with Crippen molar-refractivity contribution in [2.45, 2.75) is 19.9 Å². The van der Waals surface area contributed by atoms with Crippen LogP contribution in [-0.4, -0.2) is 66.3 Å². The van der Waals surface area contributed by atoms with Crippen LogP contribution in [0.25, 0.3) is 0 Å². The lowest BCUT2D eigenvalue weighted by Crippen LogP contribution is -2.52. The number of carbonyl (C=O) groups is 2. The van der Waals surface area contributed by atoms with Gasteiger partial charge in [-0.3, -0.25) is 14.5 Å². The smallest absolute Gasteiger partial charge is 0.236 e. The molecule has 2 heterocycles. The van der Waals surface area contributed by atoms with Crippen LogP contribution >= 0.6 is 11.3 Å². The summed E-state index contributed by atoms with van der Waals surface area (Å²) in [5, 5.41) is 2.06. The Bertz CT molecular complexity index is 481. The van der Waals surface area contributed by atoms with Crippen molar-refractivity contribution in [2.75, 3.05) is 39.8 Å². The summed E-state index contributed by atoms with van der Waals surface area (Å²) in [6.45, 7) is 6.68. The Hall–Kier alpha value is -1.40. The van der Waals surface area contributed by atoms with Gasteiger partial charge < -0.3 is 9.80 Å². The first-order valence-corrected chi connectivity index (χ1v) is 8.14. The minimum Gasteiger partial charge on any atom is -0.339 e. The van der Waals surface area contributed by atoms with Crippen LogP contribution in [0.3, 0.4) is 0 Å². The van der Waals surface area contributed by atoms with Gasteiger partial charge in [-0.05, 0) is 25.4 Å². The maximum Gasteiger partial charge on any atom is 0.236 e. The van der Waals surface area contributed by atoms with Crippen molar-refractivity contribution in [1.82, 2.24) is 14.7 Å². The fourth-order valence-corrected chi connectivity index (χ4v) is 3.32. The van der Waals surface area contributed by atoms with Crippen molar-refractivity contribution in [3.63, 3.8) is 0 Å². The topological polar surface area (TPSA) is 43.9 Å². The normalized spacial score (nSPS) is 17.1. The molecule has 0 aliphatic carbocycles. The van der Waals surface area contributed by atoms with Crippen molar-refractivity contribution >= 4 is 23.2 Å². The molecule has 1 aliphatic rings. The van der Waals surface area contributed by atoms with E-state index in [2.05, 4.69) is 23.3 Å². The van der Waals surface area contributed by atoms with Crippen molar-refractivity contribution in [1.29, 1.82) is 0 Å². The van der Waals surface area contributed by atoms with E-state index in [0.29, 0.717) is 32.7 Å². The van der Waals surface area contributed by atoms with Gasteiger partial charge in [0.2, 0.25) is 11.8 Å². The Balaban J connectivity index is 1.83. The predicted molar refractivity (Wildman–Crippen MR) is 84.2 cm³/mol. The van der Waals surface area contributed by atoms with E-state index in [0.717, 1.165) is 0 Å². The molecule has 5 nitrogen and oxygen atoms in total. The van der Waals surface area contributed by atoms with Crippen molar-refractivity contribution < 1.29 is 9.59 Å². The molecule has 1 atom stereocenters. The number of carbonyl (C=O) groups excluding carboxylic acids is 2. The first-order valence-electron chi connectivity index (χ1n) is 7.26. The van der Waals surface area contributed by atoms with Crippen LogP contribution < -0.4 is 0 Å². The minimum atomic E-state index is 0.0885. The van der Waals surface area contributed by atoms with Gasteiger partial charge in [0.25, 0.3) is 0 Å². The van der Waals surface area contributed by atoms with Crippen molar-refractivity contribution in [3.05, 3.63) is 22.4 Å². The van der Waals surface area contributed by atoms with Crippen molar-refractivity contribution in [2.24, 2.45) is 0 Å². The molecule has 2 amide bonds. The number of piperazine rings is 1. The summed E-state index contributed by atoms with van der Waals surface area (Å²) in [5.41, 5.74) is 0. The Morgan fingerprint density at radius 2 is 1.90 bits per heavy atom. The Labute approximate surface area is 130 Å². The van der Waals surface area contributed by atoms with Crippen LogP contribution in [-0.2, 0) is 9.59 Å². The van der Waals surface area contributed by atoms with E-state index >= 15 is 0 Å². The number of likely N-dealkylation sites (N-methyl/N-ethyl adjacent to an activating group) is 1. The number of nitrogens with zero attached hydrogens (tertiary/aromatic N) is 3. The van der Waals surface area contributed by atoms with Gasteiger partial charge >= 0.3 is 0 Å². The predicted octanol–water partition coefficient (Wildman–Crippen LogP) is 1.43. The van der Waals surface area contributed by atoms with Gasteiger partial charge in [-0.25, -0.2) is 0 Å². The third-order valence-corrected chi connectivity index (χ3v) is 5.12. The summed E-state index contributed by atoms with van der Waals surface area (Å²) < 4.78 is 0. The number of amides is 2. The highest BCUT2D eigenvalue weighted by Crippen LogP contribution is 2.23. The molecule has 1 aliphatic heterocycles. The second-order valence-electron chi connectivity index (χ2n) is 5.49. The van der Waals surface area contributed by atoms with Gasteiger partial charge in [0.1, 0.15) is 0 Å². The molecule has 0 radical (unpaired) electrons. The van der Waals surface area contributed by atoms with Gasteiger partial charge in [-0.15, -0.1) is 11.3 Å². The number of thiophene rings is 1. The Morgan fingerprint density at radius 1 is 1.29 bits per heavy atom. The fraction of sp³-hybridized carbons (Fsp3) is 0.600. The van der Waals surface area contributed by atoms with E-state index in [1.54, 1.807) is 23.2 Å². The molecule has 21 heavy (non-hydrogen) atoms. The second-order valence-corrected chi connectivity index (χ2v) is 6.47. The fourth-order valence-electron chi connectivity index (χ4n) is 2.47. The summed E-state index contributed by atoms with van der Waals surface area (Å²) >= 11 is 1.71. The van der Waals surface area contributed by atoms with E-state index in [1.165, 1.54) is 4.88 Å². The average molecular weight is 309 g/mol. The monoisotopic (exact) mass is 309 g/mol. The molecule has 1 unspecified atom stereocenters. The van der Waals surface area contributed by atoms with Crippen LogP contribution in [0.5, 0.6) is 0 Å². The van der Waals surface area contributed by atoms with E-state index < -0.39 is 0 Å². The highest BCUT2D eigenvalue weighted by Gasteiger charge is 2.24. The van der Waals surface area contributed by atoms with Crippen LogP contribution in [0, 0.1) is 0 Å². The molecule has 116 valence electrons. The molecule has 1 saturated heterocycles. The van der Waals surface area contributed by atoms with Crippen LogP contribution in [0.15, 0.2) is 17.5 Å². The first kappa shape index (κ1) is 16.0. The summed E-state index contributed by atoms with van der Waals surface area (Å²) in [5.74, 6) is 0.231. The quantitative estimate of drug-likeness (QED) is 0.845. The third-order valence-electron chi connectivity index (χ3n) is 4.08. The van der Waals surface area contributed by atoms with Crippen LogP contribution in [0.2, 0.25) is 0 Å². The van der Waals surface area contributed by atoms with E-state index in [9.17, 15) is 9.59 Å².